The molecule has 0 atom stereocenters. The van der Waals surface area contributed by atoms with Crippen LogP contribution in [0.4, 0.5) is 20.2 Å². The number of rotatable bonds is 3. The molecular weight excluding hydrogens is 226 g/mol. The maximum absolute atomic E-state index is 13.5. The van der Waals surface area contributed by atoms with E-state index < -0.39 is 11.6 Å². The smallest absolute Gasteiger partial charge is 0.183 e. The average Bonchev–Trinajstić information content (AvgIpc) is 2.35. The van der Waals surface area contributed by atoms with Gasteiger partial charge in [0.1, 0.15) is 0 Å². The van der Waals surface area contributed by atoms with Crippen molar-refractivity contribution in [3.05, 3.63) is 23.8 Å². The van der Waals surface area contributed by atoms with Crippen LogP contribution in [0.25, 0.3) is 0 Å². The van der Waals surface area contributed by atoms with Crippen LogP contribution < -0.4 is 11.1 Å². The molecule has 0 aromatic heterocycles. The maximum atomic E-state index is 13.5. The van der Waals surface area contributed by atoms with Gasteiger partial charge in [0.05, 0.1) is 11.4 Å². The Kier molecular flexibility index (Phi) is 3.78. The van der Waals surface area contributed by atoms with Gasteiger partial charge in [-0.2, -0.15) is 0 Å². The molecule has 1 aromatic carbocycles. The fourth-order valence-electron chi connectivity index (χ4n) is 1.94. The predicted octanol–water partition coefficient (Wildman–Crippen LogP) is 2.39. The van der Waals surface area contributed by atoms with Gasteiger partial charge < -0.3 is 15.8 Å². The largest absolute Gasteiger partial charge is 0.397 e. The third kappa shape index (κ3) is 2.85. The molecule has 5 heteroatoms. The molecule has 3 N–H and O–H groups in total. The third-order valence-electron chi connectivity index (χ3n) is 3.04. The van der Waals surface area contributed by atoms with Crippen LogP contribution in [0.3, 0.4) is 0 Å². The number of benzene rings is 1. The van der Waals surface area contributed by atoms with Crippen molar-refractivity contribution >= 4 is 11.4 Å². The highest BCUT2D eigenvalue weighted by atomic mass is 19.2. The van der Waals surface area contributed by atoms with E-state index in [2.05, 4.69) is 5.32 Å². The van der Waals surface area contributed by atoms with E-state index in [0.717, 1.165) is 32.1 Å². The quantitative estimate of drug-likeness (QED) is 0.800. The standard InChI is InChI=1S/C12H16F2N2O/c13-9-1-2-10(15)12(11(9)14)16-7-8-3-5-17-6-4-8/h1-2,8,16H,3-7,15H2. The summed E-state index contributed by atoms with van der Waals surface area (Å²) in [6, 6.07) is 2.40. The van der Waals surface area contributed by atoms with E-state index in [-0.39, 0.29) is 11.4 Å². The van der Waals surface area contributed by atoms with E-state index in [4.69, 9.17) is 10.5 Å². The lowest BCUT2D eigenvalue weighted by Gasteiger charge is -2.23. The van der Waals surface area contributed by atoms with Gasteiger partial charge in [-0.05, 0) is 30.9 Å². The fourth-order valence-corrected chi connectivity index (χ4v) is 1.94. The number of nitrogens with two attached hydrogens (primary N) is 1. The zero-order chi connectivity index (χ0) is 12.3. The molecule has 0 aliphatic carbocycles. The van der Waals surface area contributed by atoms with Crippen molar-refractivity contribution in [3.63, 3.8) is 0 Å². The number of nitrogens with one attached hydrogen (secondary N) is 1. The van der Waals surface area contributed by atoms with Crippen LogP contribution >= 0.6 is 0 Å². The first-order chi connectivity index (χ1) is 8.18. The summed E-state index contributed by atoms with van der Waals surface area (Å²) in [7, 11) is 0. The lowest BCUT2D eigenvalue weighted by atomic mass is 10.0. The molecule has 0 bridgehead atoms. The van der Waals surface area contributed by atoms with E-state index in [1.54, 1.807) is 0 Å². The van der Waals surface area contributed by atoms with E-state index in [1.807, 2.05) is 0 Å². The van der Waals surface area contributed by atoms with Crippen molar-refractivity contribution in [3.8, 4) is 0 Å². The first kappa shape index (κ1) is 12.1. The van der Waals surface area contributed by atoms with Crippen LogP contribution in [0.2, 0.25) is 0 Å². The van der Waals surface area contributed by atoms with Gasteiger partial charge in [0.2, 0.25) is 0 Å². The van der Waals surface area contributed by atoms with Gasteiger partial charge in [-0.1, -0.05) is 0 Å². The minimum absolute atomic E-state index is 0.0662. The Balaban J connectivity index is 2.00. The summed E-state index contributed by atoms with van der Waals surface area (Å²) >= 11 is 0. The highest BCUT2D eigenvalue weighted by molar-refractivity contribution is 5.66. The second kappa shape index (κ2) is 5.31. The van der Waals surface area contributed by atoms with E-state index in [1.165, 1.54) is 6.07 Å². The van der Waals surface area contributed by atoms with Crippen LogP contribution in [0.15, 0.2) is 12.1 Å². The summed E-state index contributed by atoms with van der Waals surface area (Å²) in [5, 5.41) is 2.90. The fraction of sp³-hybridized carbons (Fsp3) is 0.500. The Hall–Kier alpha value is -1.36. The Morgan fingerprint density at radius 3 is 2.71 bits per heavy atom. The van der Waals surface area contributed by atoms with Crippen LogP contribution in [0.1, 0.15) is 12.8 Å². The van der Waals surface area contributed by atoms with Crippen LogP contribution in [-0.4, -0.2) is 19.8 Å². The molecule has 1 aromatic rings. The average molecular weight is 242 g/mol. The lowest BCUT2D eigenvalue weighted by molar-refractivity contribution is 0.0699. The summed E-state index contributed by atoms with van der Waals surface area (Å²) in [5.41, 5.74) is 5.91. The zero-order valence-electron chi connectivity index (χ0n) is 9.51. The number of halogens is 2. The van der Waals surface area contributed by atoms with E-state index >= 15 is 0 Å². The zero-order valence-corrected chi connectivity index (χ0v) is 9.51. The first-order valence-electron chi connectivity index (χ1n) is 5.73. The van der Waals surface area contributed by atoms with Gasteiger partial charge >= 0.3 is 0 Å². The van der Waals surface area contributed by atoms with Crippen LogP contribution in [0, 0.1) is 17.6 Å². The van der Waals surface area contributed by atoms with E-state index in [0.29, 0.717) is 12.5 Å². The molecule has 0 spiro atoms. The van der Waals surface area contributed by atoms with Gasteiger partial charge in [-0.15, -0.1) is 0 Å². The molecule has 17 heavy (non-hydrogen) atoms. The van der Waals surface area contributed by atoms with Crippen LogP contribution in [0.5, 0.6) is 0 Å². The topological polar surface area (TPSA) is 47.3 Å². The normalized spacial score (nSPS) is 17.1. The number of hydrogen-bond donors (Lipinski definition) is 2. The summed E-state index contributed by atoms with van der Waals surface area (Å²) in [5.74, 6) is -1.36. The van der Waals surface area contributed by atoms with Gasteiger partial charge in [-0.25, -0.2) is 8.78 Å². The van der Waals surface area contributed by atoms with Gasteiger partial charge in [0.25, 0.3) is 0 Å². The Labute approximate surface area is 98.9 Å². The van der Waals surface area contributed by atoms with Gasteiger partial charge in [-0.3, -0.25) is 0 Å². The second-order valence-corrected chi connectivity index (χ2v) is 4.26. The third-order valence-corrected chi connectivity index (χ3v) is 3.04. The molecule has 94 valence electrons. The number of ether oxygens (including phenoxy) is 1. The van der Waals surface area contributed by atoms with Crippen molar-refractivity contribution in [2.75, 3.05) is 30.8 Å². The van der Waals surface area contributed by atoms with Crippen molar-refractivity contribution in [2.45, 2.75) is 12.8 Å². The minimum Gasteiger partial charge on any atom is -0.397 e. The van der Waals surface area contributed by atoms with Crippen molar-refractivity contribution in [2.24, 2.45) is 5.92 Å². The molecule has 0 amide bonds. The molecule has 0 saturated carbocycles. The molecule has 0 unspecified atom stereocenters. The molecule has 1 aliphatic heterocycles. The van der Waals surface area contributed by atoms with Crippen molar-refractivity contribution in [1.82, 2.24) is 0 Å². The number of nitrogen functional groups attached to an aromatic ring is 1. The van der Waals surface area contributed by atoms with Gasteiger partial charge in [0, 0.05) is 19.8 Å². The van der Waals surface area contributed by atoms with Crippen molar-refractivity contribution < 1.29 is 13.5 Å². The second-order valence-electron chi connectivity index (χ2n) is 4.26. The Bertz CT molecular complexity index is 392. The SMILES string of the molecule is Nc1ccc(F)c(F)c1NCC1CCOCC1. The van der Waals surface area contributed by atoms with E-state index in [9.17, 15) is 8.78 Å². The highest BCUT2D eigenvalue weighted by Gasteiger charge is 2.16. The predicted molar refractivity (Wildman–Crippen MR) is 62.8 cm³/mol. The molecule has 2 rings (SSSR count). The first-order valence-corrected chi connectivity index (χ1v) is 5.73. The molecule has 3 nitrogen and oxygen atoms in total. The number of hydrogen-bond acceptors (Lipinski definition) is 3. The molecular formula is C12H16F2N2O. The molecule has 1 heterocycles. The molecule has 1 fully saturated rings. The molecule has 1 aliphatic rings. The lowest BCUT2D eigenvalue weighted by Crippen LogP contribution is -2.23. The summed E-state index contributed by atoms with van der Waals surface area (Å²) in [6.07, 6.45) is 1.87. The minimum atomic E-state index is -0.906. The summed E-state index contributed by atoms with van der Waals surface area (Å²) in [6.45, 7) is 2.05. The monoisotopic (exact) mass is 242 g/mol. The summed E-state index contributed by atoms with van der Waals surface area (Å²) in [4.78, 5) is 0. The molecule has 0 radical (unpaired) electrons. The van der Waals surface area contributed by atoms with Gasteiger partial charge in [0.15, 0.2) is 11.6 Å². The van der Waals surface area contributed by atoms with Crippen molar-refractivity contribution in [1.29, 1.82) is 0 Å². The highest BCUT2D eigenvalue weighted by Crippen LogP contribution is 2.25. The molecule has 1 saturated heterocycles. The Morgan fingerprint density at radius 1 is 1.29 bits per heavy atom. The number of anilines is 2. The summed E-state index contributed by atoms with van der Waals surface area (Å²) < 4.78 is 31.7. The maximum Gasteiger partial charge on any atom is 0.183 e. The Morgan fingerprint density at radius 2 is 2.00 bits per heavy atom. The van der Waals surface area contributed by atoms with Crippen LogP contribution in [-0.2, 0) is 4.74 Å².